The smallest absolute Gasteiger partial charge is 0.123 e. The van der Waals surface area contributed by atoms with E-state index in [-0.39, 0.29) is 11.9 Å². The van der Waals surface area contributed by atoms with Gasteiger partial charge in [0.15, 0.2) is 0 Å². The Bertz CT molecular complexity index is 607. The van der Waals surface area contributed by atoms with E-state index in [9.17, 15) is 4.39 Å². The zero-order valence-corrected chi connectivity index (χ0v) is 14.0. The summed E-state index contributed by atoms with van der Waals surface area (Å²) in [4.78, 5) is 2.48. The molecule has 0 aliphatic carbocycles. The molecule has 0 spiro atoms. The summed E-state index contributed by atoms with van der Waals surface area (Å²) in [7, 11) is 0. The van der Waals surface area contributed by atoms with Crippen LogP contribution in [0.4, 0.5) is 4.39 Å². The Hall–Kier alpha value is -1.23. The summed E-state index contributed by atoms with van der Waals surface area (Å²) in [6.07, 6.45) is 1.13. The number of halogens is 2. The molecule has 1 heterocycles. The third kappa shape index (κ3) is 3.75. The highest BCUT2D eigenvalue weighted by Crippen LogP contribution is 2.30. The Morgan fingerprint density at radius 1 is 1.00 bits per heavy atom. The summed E-state index contributed by atoms with van der Waals surface area (Å²) in [5.74, 6) is -0.186. The molecule has 0 bridgehead atoms. The van der Waals surface area contributed by atoms with Gasteiger partial charge >= 0.3 is 0 Å². The maximum absolute atomic E-state index is 13.3. The van der Waals surface area contributed by atoms with Crippen molar-refractivity contribution in [2.24, 2.45) is 0 Å². The van der Waals surface area contributed by atoms with E-state index in [0.29, 0.717) is 0 Å². The molecule has 0 amide bonds. The van der Waals surface area contributed by atoms with Gasteiger partial charge in [-0.05, 0) is 48.4 Å². The molecule has 3 rings (SSSR count). The zero-order valence-electron chi connectivity index (χ0n) is 12.4. The minimum atomic E-state index is -0.186. The Morgan fingerprint density at radius 2 is 1.82 bits per heavy atom. The molecular formula is C18H20BrFN2. The predicted molar refractivity (Wildman–Crippen MR) is 91.4 cm³/mol. The lowest BCUT2D eigenvalue weighted by molar-refractivity contribution is 0.241. The molecule has 0 saturated carbocycles. The average Bonchev–Trinajstić information content (AvgIpc) is 2.79. The summed E-state index contributed by atoms with van der Waals surface area (Å²) >= 11 is 3.56. The molecule has 22 heavy (non-hydrogen) atoms. The van der Waals surface area contributed by atoms with Crippen molar-refractivity contribution in [3.05, 3.63) is 69.9 Å². The largest absolute Gasteiger partial charge is 0.315 e. The molecule has 1 aliphatic heterocycles. The van der Waals surface area contributed by atoms with Crippen LogP contribution in [0.25, 0.3) is 0 Å². The van der Waals surface area contributed by atoms with Crippen LogP contribution >= 0.6 is 15.9 Å². The fourth-order valence-corrected chi connectivity index (χ4v) is 3.48. The molecular weight excluding hydrogens is 343 g/mol. The van der Waals surface area contributed by atoms with Crippen LogP contribution in [0.3, 0.4) is 0 Å². The van der Waals surface area contributed by atoms with E-state index in [1.54, 1.807) is 12.1 Å². The fraction of sp³-hybridized carbons (Fsp3) is 0.333. The van der Waals surface area contributed by atoms with Crippen molar-refractivity contribution in [2.75, 3.05) is 26.2 Å². The van der Waals surface area contributed by atoms with Crippen molar-refractivity contribution in [1.29, 1.82) is 0 Å². The summed E-state index contributed by atoms with van der Waals surface area (Å²) in [5.41, 5.74) is 2.38. The quantitative estimate of drug-likeness (QED) is 0.888. The van der Waals surface area contributed by atoms with Gasteiger partial charge < -0.3 is 5.32 Å². The first-order valence-corrected chi connectivity index (χ1v) is 8.49. The van der Waals surface area contributed by atoms with Gasteiger partial charge in [-0.3, -0.25) is 4.90 Å². The molecule has 1 N–H and O–H groups in total. The second-order valence-electron chi connectivity index (χ2n) is 5.65. The van der Waals surface area contributed by atoms with Crippen molar-refractivity contribution >= 4 is 15.9 Å². The van der Waals surface area contributed by atoms with Gasteiger partial charge in [0.1, 0.15) is 5.82 Å². The molecule has 1 saturated heterocycles. The van der Waals surface area contributed by atoms with Gasteiger partial charge in [-0.25, -0.2) is 4.39 Å². The molecule has 0 radical (unpaired) electrons. The SMILES string of the molecule is Fc1ccc(C(c2cccc(Br)c2)N2CCCNCC2)cc1. The molecule has 2 aromatic rings. The maximum Gasteiger partial charge on any atom is 0.123 e. The normalized spacial score (nSPS) is 17.9. The van der Waals surface area contributed by atoms with Gasteiger partial charge in [0.05, 0.1) is 6.04 Å². The molecule has 0 aromatic heterocycles. The Labute approximate surface area is 139 Å². The van der Waals surface area contributed by atoms with Crippen LogP contribution in [0.1, 0.15) is 23.6 Å². The van der Waals surface area contributed by atoms with E-state index < -0.39 is 0 Å². The number of rotatable bonds is 3. The molecule has 116 valence electrons. The fourth-order valence-electron chi connectivity index (χ4n) is 3.06. The van der Waals surface area contributed by atoms with E-state index in [2.05, 4.69) is 44.3 Å². The third-order valence-electron chi connectivity index (χ3n) is 4.09. The highest BCUT2D eigenvalue weighted by Gasteiger charge is 2.23. The summed E-state index contributed by atoms with van der Waals surface area (Å²) in [6.45, 7) is 4.09. The van der Waals surface area contributed by atoms with E-state index in [4.69, 9.17) is 0 Å². The second-order valence-corrected chi connectivity index (χ2v) is 6.56. The van der Waals surface area contributed by atoms with Gasteiger partial charge in [-0.15, -0.1) is 0 Å². The van der Waals surface area contributed by atoms with E-state index in [1.165, 1.54) is 5.56 Å². The van der Waals surface area contributed by atoms with Gasteiger partial charge in [0, 0.05) is 24.1 Å². The van der Waals surface area contributed by atoms with Crippen LogP contribution in [-0.4, -0.2) is 31.1 Å². The first-order chi connectivity index (χ1) is 10.7. The minimum absolute atomic E-state index is 0.165. The van der Waals surface area contributed by atoms with Crippen molar-refractivity contribution in [3.63, 3.8) is 0 Å². The van der Waals surface area contributed by atoms with Crippen LogP contribution in [0.2, 0.25) is 0 Å². The molecule has 1 atom stereocenters. The van der Waals surface area contributed by atoms with Crippen molar-refractivity contribution in [2.45, 2.75) is 12.5 Å². The molecule has 2 aromatic carbocycles. The number of nitrogens with one attached hydrogen (secondary N) is 1. The molecule has 1 aliphatic rings. The minimum Gasteiger partial charge on any atom is -0.315 e. The van der Waals surface area contributed by atoms with Crippen LogP contribution in [0, 0.1) is 5.82 Å². The number of nitrogens with zero attached hydrogens (tertiary/aromatic N) is 1. The topological polar surface area (TPSA) is 15.3 Å². The van der Waals surface area contributed by atoms with E-state index in [0.717, 1.165) is 42.6 Å². The first kappa shape index (κ1) is 15.7. The van der Waals surface area contributed by atoms with Crippen LogP contribution in [-0.2, 0) is 0 Å². The molecule has 4 heteroatoms. The molecule has 2 nitrogen and oxygen atoms in total. The molecule has 1 fully saturated rings. The average molecular weight is 363 g/mol. The zero-order chi connectivity index (χ0) is 15.4. The first-order valence-electron chi connectivity index (χ1n) is 7.70. The van der Waals surface area contributed by atoms with Crippen molar-refractivity contribution in [3.8, 4) is 0 Å². The van der Waals surface area contributed by atoms with Gasteiger partial charge in [0.25, 0.3) is 0 Å². The van der Waals surface area contributed by atoms with Gasteiger partial charge in [-0.2, -0.15) is 0 Å². The van der Waals surface area contributed by atoms with Gasteiger partial charge in [-0.1, -0.05) is 40.2 Å². The van der Waals surface area contributed by atoms with E-state index >= 15 is 0 Å². The highest BCUT2D eigenvalue weighted by atomic mass is 79.9. The Morgan fingerprint density at radius 3 is 2.59 bits per heavy atom. The molecule has 1 unspecified atom stereocenters. The number of benzene rings is 2. The van der Waals surface area contributed by atoms with Crippen molar-refractivity contribution in [1.82, 2.24) is 10.2 Å². The predicted octanol–water partition coefficient (Wildman–Crippen LogP) is 3.97. The maximum atomic E-state index is 13.3. The summed E-state index contributed by atoms with van der Waals surface area (Å²) in [5, 5.41) is 3.44. The van der Waals surface area contributed by atoms with Crippen LogP contribution in [0.15, 0.2) is 53.0 Å². The number of hydrogen-bond acceptors (Lipinski definition) is 2. The lowest BCUT2D eigenvalue weighted by Crippen LogP contribution is -2.33. The standard InChI is InChI=1S/C18H20BrFN2/c19-16-4-1-3-15(13-16)18(14-5-7-17(20)8-6-14)22-11-2-9-21-10-12-22/h1,3-8,13,18,21H,2,9-12H2. The monoisotopic (exact) mass is 362 g/mol. The Kier molecular flexibility index (Phi) is 5.24. The van der Waals surface area contributed by atoms with Gasteiger partial charge in [0.2, 0.25) is 0 Å². The highest BCUT2D eigenvalue weighted by molar-refractivity contribution is 9.10. The number of hydrogen-bond donors (Lipinski definition) is 1. The van der Waals surface area contributed by atoms with Crippen LogP contribution in [0.5, 0.6) is 0 Å². The second kappa shape index (κ2) is 7.36. The van der Waals surface area contributed by atoms with E-state index in [1.807, 2.05) is 18.2 Å². The summed E-state index contributed by atoms with van der Waals surface area (Å²) in [6, 6.07) is 15.5. The van der Waals surface area contributed by atoms with Crippen LogP contribution < -0.4 is 5.32 Å². The summed E-state index contributed by atoms with van der Waals surface area (Å²) < 4.78 is 14.4. The van der Waals surface area contributed by atoms with Crippen molar-refractivity contribution < 1.29 is 4.39 Å². The Balaban J connectivity index is 1.99. The lowest BCUT2D eigenvalue weighted by atomic mass is 9.96. The lowest BCUT2D eigenvalue weighted by Gasteiger charge is -2.31. The third-order valence-corrected chi connectivity index (χ3v) is 4.58.